The SMILES string of the molecule is O=C(c1ccccc1)N(Cc1ccccc1)C1CC1c1ccccc1. The van der Waals surface area contributed by atoms with Crippen LogP contribution in [0.25, 0.3) is 0 Å². The fourth-order valence-corrected chi connectivity index (χ4v) is 3.45. The highest BCUT2D eigenvalue weighted by molar-refractivity contribution is 5.94. The fourth-order valence-electron chi connectivity index (χ4n) is 3.45. The molecule has 0 N–H and O–H groups in total. The molecule has 25 heavy (non-hydrogen) atoms. The van der Waals surface area contributed by atoms with Crippen molar-refractivity contribution in [2.24, 2.45) is 0 Å². The number of amides is 1. The lowest BCUT2D eigenvalue weighted by atomic mass is 10.1. The van der Waals surface area contributed by atoms with Gasteiger partial charge >= 0.3 is 0 Å². The van der Waals surface area contributed by atoms with Crippen LogP contribution in [0.1, 0.15) is 33.8 Å². The van der Waals surface area contributed by atoms with Gasteiger partial charge in [0, 0.05) is 24.1 Å². The van der Waals surface area contributed by atoms with Crippen LogP contribution in [-0.2, 0) is 6.54 Å². The molecule has 2 heteroatoms. The van der Waals surface area contributed by atoms with E-state index in [0.29, 0.717) is 12.5 Å². The molecule has 4 rings (SSSR count). The summed E-state index contributed by atoms with van der Waals surface area (Å²) < 4.78 is 0. The van der Waals surface area contributed by atoms with E-state index in [1.807, 2.05) is 59.5 Å². The van der Waals surface area contributed by atoms with Crippen LogP contribution >= 0.6 is 0 Å². The van der Waals surface area contributed by atoms with Crippen LogP contribution in [0.4, 0.5) is 0 Å². The lowest BCUT2D eigenvalue weighted by molar-refractivity contribution is 0.0726. The molecule has 124 valence electrons. The second-order valence-electron chi connectivity index (χ2n) is 6.60. The molecule has 0 heterocycles. The quantitative estimate of drug-likeness (QED) is 0.654. The summed E-state index contributed by atoms with van der Waals surface area (Å²) in [5.74, 6) is 0.561. The zero-order valence-electron chi connectivity index (χ0n) is 14.1. The lowest BCUT2D eigenvalue weighted by Gasteiger charge is -2.24. The first-order chi connectivity index (χ1) is 12.3. The Kier molecular flexibility index (Phi) is 4.34. The molecule has 0 aromatic heterocycles. The third-order valence-corrected chi connectivity index (χ3v) is 4.86. The molecule has 2 atom stereocenters. The van der Waals surface area contributed by atoms with Crippen molar-refractivity contribution in [1.82, 2.24) is 4.90 Å². The van der Waals surface area contributed by atoms with Crippen molar-refractivity contribution < 1.29 is 4.79 Å². The van der Waals surface area contributed by atoms with Gasteiger partial charge < -0.3 is 4.90 Å². The number of carbonyl (C=O) groups excluding carboxylic acids is 1. The van der Waals surface area contributed by atoms with Gasteiger partial charge in [0.15, 0.2) is 0 Å². The molecular formula is C23H21NO. The van der Waals surface area contributed by atoms with Crippen LogP contribution in [0.15, 0.2) is 91.0 Å². The van der Waals surface area contributed by atoms with Crippen molar-refractivity contribution in [3.63, 3.8) is 0 Å². The fraction of sp³-hybridized carbons (Fsp3) is 0.174. The minimum atomic E-state index is 0.118. The summed E-state index contributed by atoms with van der Waals surface area (Å²) >= 11 is 0. The van der Waals surface area contributed by atoms with Crippen LogP contribution in [-0.4, -0.2) is 16.8 Å². The van der Waals surface area contributed by atoms with E-state index in [1.165, 1.54) is 11.1 Å². The zero-order chi connectivity index (χ0) is 17.1. The Hall–Kier alpha value is -2.87. The maximum absolute atomic E-state index is 13.1. The number of rotatable bonds is 5. The van der Waals surface area contributed by atoms with E-state index in [1.54, 1.807) is 0 Å². The Labute approximate surface area is 148 Å². The summed E-state index contributed by atoms with van der Waals surface area (Å²) in [5, 5.41) is 0. The van der Waals surface area contributed by atoms with Crippen LogP contribution in [0.2, 0.25) is 0 Å². The summed E-state index contributed by atoms with van der Waals surface area (Å²) in [6, 6.07) is 30.6. The highest BCUT2D eigenvalue weighted by atomic mass is 16.2. The van der Waals surface area contributed by atoms with E-state index in [0.717, 1.165) is 12.0 Å². The van der Waals surface area contributed by atoms with Crippen LogP contribution < -0.4 is 0 Å². The first-order valence-electron chi connectivity index (χ1n) is 8.78. The number of nitrogens with zero attached hydrogens (tertiary/aromatic N) is 1. The van der Waals surface area contributed by atoms with Crippen molar-refractivity contribution in [2.45, 2.75) is 24.9 Å². The van der Waals surface area contributed by atoms with E-state index in [-0.39, 0.29) is 11.9 Å². The first kappa shape index (κ1) is 15.6. The number of carbonyl (C=O) groups is 1. The van der Waals surface area contributed by atoms with Gasteiger partial charge in [0.2, 0.25) is 0 Å². The monoisotopic (exact) mass is 327 g/mol. The van der Waals surface area contributed by atoms with E-state index in [4.69, 9.17) is 0 Å². The standard InChI is InChI=1S/C23H21NO/c25-23(20-14-8-3-9-15-20)24(17-18-10-4-1-5-11-18)22-16-21(22)19-12-6-2-7-13-19/h1-15,21-22H,16-17H2. The van der Waals surface area contributed by atoms with Gasteiger partial charge in [-0.2, -0.15) is 0 Å². The van der Waals surface area contributed by atoms with E-state index in [2.05, 4.69) is 36.4 Å². The lowest BCUT2D eigenvalue weighted by Crippen LogP contribution is -2.33. The molecule has 1 saturated carbocycles. The average molecular weight is 327 g/mol. The molecule has 0 saturated heterocycles. The maximum atomic E-state index is 13.1. The van der Waals surface area contributed by atoms with Gasteiger partial charge in [-0.1, -0.05) is 78.9 Å². The third-order valence-electron chi connectivity index (χ3n) is 4.86. The van der Waals surface area contributed by atoms with Crippen LogP contribution in [0.3, 0.4) is 0 Å². The Balaban J connectivity index is 1.59. The third kappa shape index (κ3) is 3.48. The molecule has 1 fully saturated rings. The molecule has 1 amide bonds. The Morgan fingerprint density at radius 2 is 1.36 bits per heavy atom. The molecule has 2 nitrogen and oxygen atoms in total. The van der Waals surface area contributed by atoms with Crippen LogP contribution in [0.5, 0.6) is 0 Å². The Bertz CT molecular complexity index is 830. The molecular weight excluding hydrogens is 306 g/mol. The van der Waals surface area contributed by atoms with E-state index in [9.17, 15) is 4.79 Å². The minimum absolute atomic E-state index is 0.118. The molecule has 0 spiro atoms. The van der Waals surface area contributed by atoms with E-state index < -0.39 is 0 Å². The minimum Gasteiger partial charge on any atom is -0.331 e. The second kappa shape index (κ2) is 6.94. The van der Waals surface area contributed by atoms with Gasteiger partial charge in [-0.3, -0.25) is 4.79 Å². The summed E-state index contributed by atoms with van der Waals surface area (Å²) in [4.78, 5) is 15.2. The molecule has 2 unspecified atom stereocenters. The van der Waals surface area contributed by atoms with Gasteiger partial charge in [0.25, 0.3) is 5.91 Å². The molecule has 1 aliphatic carbocycles. The second-order valence-corrected chi connectivity index (χ2v) is 6.60. The number of hydrogen-bond acceptors (Lipinski definition) is 1. The highest BCUT2D eigenvalue weighted by Crippen LogP contribution is 2.45. The van der Waals surface area contributed by atoms with Crippen molar-refractivity contribution in [3.8, 4) is 0 Å². The molecule has 0 radical (unpaired) electrons. The smallest absolute Gasteiger partial charge is 0.254 e. The highest BCUT2D eigenvalue weighted by Gasteiger charge is 2.44. The van der Waals surface area contributed by atoms with Gasteiger partial charge in [-0.05, 0) is 29.7 Å². The zero-order valence-corrected chi connectivity index (χ0v) is 14.1. The average Bonchev–Trinajstić information content (AvgIpc) is 3.48. The maximum Gasteiger partial charge on any atom is 0.254 e. The van der Waals surface area contributed by atoms with E-state index >= 15 is 0 Å². The number of benzene rings is 3. The first-order valence-corrected chi connectivity index (χ1v) is 8.78. The summed E-state index contributed by atoms with van der Waals surface area (Å²) in [6.45, 7) is 0.655. The predicted molar refractivity (Wildman–Crippen MR) is 100 cm³/mol. The number of hydrogen-bond donors (Lipinski definition) is 0. The molecule has 0 aliphatic heterocycles. The largest absolute Gasteiger partial charge is 0.331 e. The van der Waals surface area contributed by atoms with Crippen LogP contribution in [0, 0.1) is 0 Å². The topological polar surface area (TPSA) is 20.3 Å². The van der Waals surface area contributed by atoms with Crippen molar-refractivity contribution >= 4 is 5.91 Å². The molecule has 3 aromatic carbocycles. The van der Waals surface area contributed by atoms with Crippen molar-refractivity contribution in [3.05, 3.63) is 108 Å². The predicted octanol–water partition coefficient (Wildman–Crippen LogP) is 4.89. The van der Waals surface area contributed by atoms with Gasteiger partial charge in [0.05, 0.1) is 0 Å². The normalized spacial score (nSPS) is 18.6. The van der Waals surface area contributed by atoms with Gasteiger partial charge in [-0.15, -0.1) is 0 Å². The van der Waals surface area contributed by atoms with Gasteiger partial charge in [-0.25, -0.2) is 0 Å². The van der Waals surface area contributed by atoms with Crippen molar-refractivity contribution in [1.29, 1.82) is 0 Å². The van der Waals surface area contributed by atoms with Gasteiger partial charge in [0.1, 0.15) is 0 Å². The van der Waals surface area contributed by atoms with Crippen molar-refractivity contribution in [2.75, 3.05) is 0 Å². The molecule has 1 aliphatic rings. The molecule has 3 aromatic rings. The molecule has 0 bridgehead atoms. The Morgan fingerprint density at radius 1 is 0.800 bits per heavy atom. The summed E-state index contributed by atoms with van der Waals surface area (Å²) in [6.07, 6.45) is 1.04. The summed E-state index contributed by atoms with van der Waals surface area (Å²) in [5.41, 5.74) is 3.26. The summed E-state index contributed by atoms with van der Waals surface area (Å²) in [7, 11) is 0. The Morgan fingerprint density at radius 3 is 2.00 bits per heavy atom.